The number of rotatable bonds is 7. The molecule has 0 aromatic heterocycles. The van der Waals surface area contributed by atoms with Gasteiger partial charge in [-0.1, -0.05) is 19.1 Å². The van der Waals surface area contributed by atoms with E-state index in [4.69, 9.17) is 10.5 Å². The van der Waals surface area contributed by atoms with Crippen LogP contribution in [0.2, 0.25) is 0 Å². The van der Waals surface area contributed by atoms with E-state index in [1.54, 1.807) is 24.3 Å². The predicted molar refractivity (Wildman–Crippen MR) is 83.5 cm³/mol. The van der Waals surface area contributed by atoms with Crippen LogP contribution in [-0.2, 0) is 6.54 Å². The van der Waals surface area contributed by atoms with Crippen LogP contribution in [0.1, 0.15) is 29.3 Å². The van der Waals surface area contributed by atoms with Crippen LogP contribution in [-0.4, -0.2) is 12.5 Å². The standard InChI is InChI=1S/C17H20N2O2/c1-2-11-19-12-13-3-7-15(8-4-13)21-16-9-5-14(6-10-16)17(18)20/h3-10,19H,2,11-12H2,1H3,(H2,18,20). The van der Waals surface area contributed by atoms with Gasteiger partial charge in [-0.2, -0.15) is 0 Å². The Labute approximate surface area is 124 Å². The van der Waals surface area contributed by atoms with Crippen molar-refractivity contribution in [2.45, 2.75) is 19.9 Å². The van der Waals surface area contributed by atoms with Gasteiger partial charge in [0.05, 0.1) is 0 Å². The van der Waals surface area contributed by atoms with Crippen LogP contribution in [0, 0.1) is 0 Å². The first-order chi connectivity index (χ1) is 10.2. The number of primary amides is 1. The van der Waals surface area contributed by atoms with Gasteiger partial charge in [-0.3, -0.25) is 4.79 Å². The molecule has 0 radical (unpaired) electrons. The first-order valence-electron chi connectivity index (χ1n) is 7.06. The SMILES string of the molecule is CCCNCc1ccc(Oc2ccc(C(N)=O)cc2)cc1. The van der Waals surface area contributed by atoms with Crippen molar-refractivity contribution in [2.24, 2.45) is 5.73 Å². The molecule has 0 saturated heterocycles. The Morgan fingerprint density at radius 2 is 1.62 bits per heavy atom. The lowest BCUT2D eigenvalue weighted by molar-refractivity contribution is 0.100. The molecule has 110 valence electrons. The van der Waals surface area contributed by atoms with Gasteiger partial charge in [-0.05, 0) is 54.9 Å². The molecule has 21 heavy (non-hydrogen) atoms. The third kappa shape index (κ3) is 4.61. The van der Waals surface area contributed by atoms with E-state index in [0.29, 0.717) is 11.3 Å². The number of ether oxygens (including phenoxy) is 1. The van der Waals surface area contributed by atoms with Crippen LogP contribution >= 0.6 is 0 Å². The van der Waals surface area contributed by atoms with E-state index in [1.807, 2.05) is 24.3 Å². The minimum Gasteiger partial charge on any atom is -0.457 e. The molecule has 0 aliphatic rings. The molecule has 0 atom stereocenters. The zero-order valence-electron chi connectivity index (χ0n) is 12.1. The molecule has 0 bridgehead atoms. The first-order valence-corrected chi connectivity index (χ1v) is 7.06. The summed E-state index contributed by atoms with van der Waals surface area (Å²) in [6.45, 7) is 4.03. The molecular weight excluding hydrogens is 264 g/mol. The molecule has 2 aromatic carbocycles. The maximum absolute atomic E-state index is 11.0. The summed E-state index contributed by atoms with van der Waals surface area (Å²) in [6.07, 6.45) is 1.13. The minimum atomic E-state index is -0.439. The third-order valence-electron chi connectivity index (χ3n) is 3.05. The van der Waals surface area contributed by atoms with Gasteiger partial charge in [0.25, 0.3) is 0 Å². The van der Waals surface area contributed by atoms with Gasteiger partial charge < -0.3 is 15.8 Å². The highest BCUT2D eigenvalue weighted by Crippen LogP contribution is 2.22. The fourth-order valence-corrected chi connectivity index (χ4v) is 1.91. The van der Waals surface area contributed by atoms with Crippen molar-refractivity contribution in [3.05, 3.63) is 59.7 Å². The lowest BCUT2D eigenvalue weighted by atomic mass is 10.2. The molecule has 2 aromatic rings. The van der Waals surface area contributed by atoms with Gasteiger partial charge >= 0.3 is 0 Å². The van der Waals surface area contributed by atoms with Crippen molar-refractivity contribution < 1.29 is 9.53 Å². The normalized spacial score (nSPS) is 10.3. The second-order valence-electron chi connectivity index (χ2n) is 4.81. The summed E-state index contributed by atoms with van der Waals surface area (Å²) in [5, 5.41) is 3.35. The van der Waals surface area contributed by atoms with Crippen molar-refractivity contribution >= 4 is 5.91 Å². The molecule has 4 heteroatoms. The fourth-order valence-electron chi connectivity index (χ4n) is 1.91. The largest absolute Gasteiger partial charge is 0.457 e. The van der Waals surface area contributed by atoms with E-state index in [1.165, 1.54) is 5.56 Å². The number of benzene rings is 2. The van der Waals surface area contributed by atoms with Crippen molar-refractivity contribution in [3.8, 4) is 11.5 Å². The lowest BCUT2D eigenvalue weighted by Crippen LogP contribution is -2.13. The number of amides is 1. The Bertz CT molecular complexity index is 577. The summed E-state index contributed by atoms with van der Waals surface area (Å²) in [6, 6.07) is 14.7. The first kappa shape index (κ1) is 15.1. The zero-order chi connectivity index (χ0) is 15.1. The van der Waals surface area contributed by atoms with E-state index < -0.39 is 5.91 Å². The molecule has 0 unspecified atom stereocenters. The fraction of sp³-hybridized carbons (Fsp3) is 0.235. The maximum Gasteiger partial charge on any atom is 0.248 e. The van der Waals surface area contributed by atoms with E-state index in [9.17, 15) is 4.79 Å². The van der Waals surface area contributed by atoms with Crippen LogP contribution in [0.15, 0.2) is 48.5 Å². The molecule has 4 nitrogen and oxygen atoms in total. The van der Waals surface area contributed by atoms with Gasteiger partial charge in [0.2, 0.25) is 5.91 Å². The molecular formula is C17H20N2O2. The molecule has 0 aliphatic carbocycles. The van der Waals surface area contributed by atoms with Gasteiger partial charge in [-0.15, -0.1) is 0 Å². The lowest BCUT2D eigenvalue weighted by Gasteiger charge is -2.08. The highest BCUT2D eigenvalue weighted by molar-refractivity contribution is 5.92. The highest BCUT2D eigenvalue weighted by atomic mass is 16.5. The Morgan fingerprint density at radius 3 is 2.14 bits per heavy atom. The zero-order valence-corrected chi connectivity index (χ0v) is 12.1. The molecule has 0 heterocycles. The van der Waals surface area contributed by atoms with Crippen molar-refractivity contribution in [1.29, 1.82) is 0 Å². The third-order valence-corrected chi connectivity index (χ3v) is 3.05. The molecule has 1 amide bonds. The number of hydrogen-bond acceptors (Lipinski definition) is 3. The Hall–Kier alpha value is -2.33. The minimum absolute atomic E-state index is 0.439. The summed E-state index contributed by atoms with van der Waals surface area (Å²) < 4.78 is 5.72. The monoisotopic (exact) mass is 284 g/mol. The molecule has 3 N–H and O–H groups in total. The second kappa shape index (κ2) is 7.45. The topological polar surface area (TPSA) is 64.3 Å². The summed E-state index contributed by atoms with van der Waals surface area (Å²) in [5.74, 6) is 1.00. The number of carbonyl (C=O) groups is 1. The van der Waals surface area contributed by atoms with E-state index in [2.05, 4.69) is 12.2 Å². The molecule has 0 spiro atoms. The average Bonchev–Trinajstić information content (AvgIpc) is 2.50. The Morgan fingerprint density at radius 1 is 1.05 bits per heavy atom. The number of hydrogen-bond donors (Lipinski definition) is 2. The number of nitrogens with two attached hydrogens (primary N) is 1. The summed E-state index contributed by atoms with van der Waals surface area (Å²) >= 11 is 0. The highest BCUT2D eigenvalue weighted by Gasteiger charge is 2.01. The van der Waals surface area contributed by atoms with Crippen molar-refractivity contribution in [1.82, 2.24) is 5.32 Å². The van der Waals surface area contributed by atoms with Crippen LogP contribution < -0.4 is 15.8 Å². The number of nitrogens with one attached hydrogen (secondary N) is 1. The Kier molecular flexibility index (Phi) is 5.35. The van der Waals surface area contributed by atoms with Gasteiger partial charge in [-0.25, -0.2) is 0 Å². The van der Waals surface area contributed by atoms with Crippen molar-refractivity contribution in [3.63, 3.8) is 0 Å². The number of carbonyl (C=O) groups excluding carboxylic acids is 1. The van der Waals surface area contributed by atoms with Gasteiger partial charge in [0.15, 0.2) is 0 Å². The van der Waals surface area contributed by atoms with Gasteiger partial charge in [0.1, 0.15) is 11.5 Å². The second-order valence-corrected chi connectivity index (χ2v) is 4.81. The predicted octanol–water partition coefficient (Wildman–Crippen LogP) is 3.08. The van der Waals surface area contributed by atoms with Crippen LogP contribution in [0.25, 0.3) is 0 Å². The molecule has 2 rings (SSSR count). The molecule has 0 aliphatic heterocycles. The molecule has 0 saturated carbocycles. The summed E-state index contributed by atoms with van der Waals surface area (Å²) in [5.41, 5.74) is 6.89. The van der Waals surface area contributed by atoms with Crippen LogP contribution in [0.4, 0.5) is 0 Å². The van der Waals surface area contributed by atoms with Gasteiger partial charge in [0, 0.05) is 12.1 Å². The maximum atomic E-state index is 11.0. The van der Waals surface area contributed by atoms with Crippen LogP contribution in [0.5, 0.6) is 11.5 Å². The van der Waals surface area contributed by atoms with Crippen molar-refractivity contribution in [2.75, 3.05) is 6.54 Å². The Balaban J connectivity index is 1.94. The summed E-state index contributed by atoms with van der Waals surface area (Å²) in [4.78, 5) is 11.0. The van der Waals surface area contributed by atoms with Crippen LogP contribution in [0.3, 0.4) is 0 Å². The van der Waals surface area contributed by atoms with E-state index >= 15 is 0 Å². The smallest absolute Gasteiger partial charge is 0.248 e. The quantitative estimate of drug-likeness (QED) is 0.768. The summed E-state index contributed by atoms with van der Waals surface area (Å²) in [7, 11) is 0. The van der Waals surface area contributed by atoms with E-state index in [0.717, 1.165) is 25.3 Å². The van der Waals surface area contributed by atoms with E-state index in [-0.39, 0.29) is 0 Å². The average molecular weight is 284 g/mol. The molecule has 0 fully saturated rings.